The van der Waals surface area contributed by atoms with E-state index in [4.69, 9.17) is 0 Å². The van der Waals surface area contributed by atoms with Crippen molar-refractivity contribution in [1.29, 1.82) is 0 Å². The van der Waals surface area contributed by atoms with Crippen LogP contribution in [0.1, 0.15) is 128 Å². The second kappa shape index (κ2) is 16.0. The zero-order valence-corrected chi connectivity index (χ0v) is 33.2. The first-order valence-corrected chi connectivity index (χ1v) is 27.1. The monoisotopic (exact) mass is 692 g/mol. The molecule has 6 heteroatoms. The van der Waals surface area contributed by atoms with Crippen molar-refractivity contribution in [2.75, 3.05) is 6.66 Å². The molecule has 3 nitrogen and oxygen atoms in total. The van der Waals surface area contributed by atoms with Gasteiger partial charge < -0.3 is 0 Å². The van der Waals surface area contributed by atoms with Crippen molar-refractivity contribution in [3.63, 3.8) is 0 Å². The third-order valence-electron chi connectivity index (χ3n) is 12.3. The summed E-state index contributed by atoms with van der Waals surface area (Å²) in [6, 6.07) is 24.8. The fourth-order valence-electron chi connectivity index (χ4n) is 10.4. The predicted octanol–water partition coefficient (Wildman–Crippen LogP) is 11.4. The summed E-state index contributed by atoms with van der Waals surface area (Å²) in [7, 11) is -5.39. The lowest BCUT2D eigenvalue weighted by Crippen LogP contribution is -2.56. The fraction of sp³-hybridized carbons (Fsp3) is 0.683. The van der Waals surface area contributed by atoms with Crippen LogP contribution in [0.2, 0.25) is 19.6 Å². The number of hydrogen-bond donors (Lipinski definition) is 0. The molecule has 0 radical (unpaired) electrons. The van der Waals surface area contributed by atoms with E-state index in [1.165, 1.54) is 139 Å². The van der Waals surface area contributed by atoms with Gasteiger partial charge in [0.15, 0.2) is 0 Å². The van der Waals surface area contributed by atoms with Crippen LogP contribution in [-0.4, -0.2) is 52.9 Å². The third-order valence-corrected chi connectivity index (χ3v) is 28.5. The van der Waals surface area contributed by atoms with Crippen molar-refractivity contribution >= 4 is 37.7 Å². The Morgan fingerprint density at radius 1 is 0.511 bits per heavy atom. The summed E-state index contributed by atoms with van der Waals surface area (Å²) in [6.45, 7) is 8.15. The molecule has 0 bridgehead atoms. The fourth-order valence-corrected chi connectivity index (χ4v) is 29.8. The SMILES string of the molecule is C[Si](C)(C)C(P(=O)(N(C1CCCCC1)C1CCCCC1)N(C1CCCCC1)C1CCCCC1)=P(C)(c1ccccc1)c1ccccc1. The smallest absolute Gasteiger partial charge is 0.239 e. The van der Waals surface area contributed by atoms with Crippen LogP contribution in [0, 0.1) is 0 Å². The van der Waals surface area contributed by atoms with Crippen molar-refractivity contribution < 1.29 is 4.57 Å². The maximum absolute atomic E-state index is 18.2. The lowest BCUT2D eigenvalue weighted by molar-refractivity contribution is 0.121. The maximum Gasteiger partial charge on any atom is 0.239 e. The highest BCUT2D eigenvalue weighted by atomic mass is 31.2. The van der Waals surface area contributed by atoms with Crippen molar-refractivity contribution in [1.82, 2.24) is 9.34 Å². The highest BCUT2D eigenvalue weighted by molar-refractivity contribution is 8.08. The highest BCUT2D eigenvalue weighted by Crippen LogP contribution is 2.69. The van der Waals surface area contributed by atoms with E-state index in [0.29, 0.717) is 24.2 Å². The number of nitrogens with zero attached hydrogens (tertiary/aromatic N) is 2. The van der Waals surface area contributed by atoms with Crippen LogP contribution in [0.3, 0.4) is 0 Å². The molecule has 2 aromatic carbocycles. The van der Waals surface area contributed by atoms with Gasteiger partial charge >= 0.3 is 0 Å². The number of hydrogen-bond acceptors (Lipinski definition) is 1. The minimum Gasteiger partial charge on any atom is -0.284 e. The predicted molar refractivity (Wildman–Crippen MR) is 212 cm³/mol. The van der Waals surface area contributed by atoms with Crippen LogP contribution in [-0.2, 0) is 4.57 Å². The summed E-state index contributed by atoms with van der Waals surface area (Å²) in [5.41, 5.74) is 0. The molecule has 0 aromatic heterocycles. The largest absolute Gasteiger partial charge is 0.284 e. The lowest BCUT2D eigenvalue weighted by Gasteiger charge is -2.57. The van der Waals surface area contributed by atoms with Crippen LogP contribution < -0.4 is 10.6 Å². The highest BCUT2D eigenvalue weighted by Gasteiger charge is 2.56. The van der Waals surface area contributed by atoms with Crippen LogP contribution in [0.4, 0.5) is 0 Å². The number of rotatable bonds is 10. The van der Waals surface area contributed by atoms with E-state index in [2.05, 4.69) is 96.3 Å². The van der Waals surface area contributed by atoms with Gasteiger partial charge in [0.05, 0.1) is 8.07 Å². The van der Waals surface area contributed by atoms with Crippen molar-refractivity contribution in [2.24, 2.45) is 0 Å². The summed E-state index contributed by atoms with van der Waals surface area (Å²) in [5.74, 6) is 0. The van der Waals surface area contributed by atoms with E-state index in [1.54, 1.807) is 4.66 Å². The van der Waals surface area contributed by atoms with Gasteiger partial charge in [-0.25, -0.2) is 9.34 Å². The first-order valence-electron chi connectivity index (χ1n) is 19.8. The van der Waals surface area contributed by atoms with E-state index < -0.39 is 22.4 Å². The Morgan fingerprint density at radius 3 is 1.04 bits per heavy atom. The molecule has 4 fully saturated rings. The molecule has 4 aliphatic rings. The molecular formula is C41H66N2OP2Si. The minimum atomic E-state index is -3.20. The summed E-state index contributed by atoms with van der Waals surface area (Å²) < 4.78 is 25.6. The Labute approximate surface area is 290 Å². The molecule has 6 rings (SSSR count). The lowest BCUT2D eigenvalue weighted by atomic mass is 9.90. The van der Waals surface area contributed by atoms with E-state index >= 15 is 4.57 Å². The van der Waals surface area contributed by atoms with Gasteiger partial charge in [-0.15, -0.1) is 0 Å². The van der Waals surface area contributed by atoms with Crippen LogP contribution >= 0.6 is 14.3 Å². The standard InChI is InChI=1S/C41H66N2OP2Si/c1-45(39-31-19-9-20-32-39,40-33-21-10-22-34-40)41(47(2,3)4)46(44,42(35-23-11-5-12-24-35)36-25-13-6-14-26-36)43(37-27-15-7-16-28-37)38-29-17-8-18-30-38/h9-10,19-22,31-38H,5-8,11-18,23-30H2,1-4H3. The molecule has 2 aromatic rings. The summed E-state index contributed by atoms with van der Waals surface area (Å²) >= 11 is 0. The molecule has 0 heterocycles. The zero-order valence-electron chi connectivity index (χ0n) is 30.4. The third kappa shape index (κ3) is 7.59. The van der Waals surface area contributed by atoms with E-state index in [9.17, 15) is 0 Å². The summed E-state index contributed by atoms with van der Waals surface area (Å²) in [5, 5.41) is 2.87. The van der Waals surface area contributed by atoms with Gasteiger partial charge in [0.25, 0.3) is 0 Å². The van der Waals surface area contributed by atoms with E-state index in [1.807, 2.05) is 0 Å². The number of benzene rings is 2. The van der Waals surface area contributed by atoms with Gasteiger partial charge in [-0.05, 0) is 75.5 Å². The molecule has 0 aliphatic heterocycles. The van der Waals surface area contributed by atoms with Crippen molar-refractivity contribution in [3.05, 3.63) is 60.7 Å². The molecule has 0 unspecified atom stereocenters. The van der Waals surface area contributed by atoms with Gasteiger partial charge in [0, 0.05) is 28.8 Å². The Balaban J connectivity index is 1.75. The molecule has 260 valence electrons. The van der Waals surface area contributed by atoms with Crippen LogP contribution in [0.15, 0.2) is 60.7 Å². The van der Waals surface area contributed by atoms with Gasteiger partial charge in [-0.2, -0.15) is 0 Å². The summed E-state index contributed by atoms with van der Waals surface area (Å²) in [6.07, 6.45) is 25.6. The molecule has 0 N–H and O–H groups in total. The van der Waals surface area contributed by atoms with Gasteiger partial charge in [-0.3, -0.25) is 4.57 Å². The quantitative estimate of drug-likeness (QED) is 0.183. The van der Waals surface area contributed by atoms with Gasteiger partial charge in [0.2, 0.25) is 7.44 Å². The van der Waals surface area contributed by atoms with Crippen molar-refractivity contribution in [2.45, 2.75) is 172 Å². The van der Waals surface area contributed by atoms with Crippen molar-refractivity contribution in [3.8, 4) is 0 Å². The topological polar surface area (TPSA) is 23.6 Å². The molecule has 0 atom stereocenters. The van der Waals surface area contributed by atoms with E-state index in [0.717, 1.165) is 0 Å². The van der Waals surface area contributed by atoms with E-state index in [-0.39, 0.29) is 0 Å². The van der Waals surface area contributed by atoms with Gasteiger partial charge in [0.1, 0.15) is 0 Å². The molecule has 47 heavy (non-hydrogen) atoms. The Morgan fingerprint density at radius 2 is 0.787 bits per heavy atom. The van der Waals surface area contributed by atoms with Crippen LogP contribution in [0.5, 0.6) is 0 Å². The Hall–Kier alpha value is -0.893. The Bertz CT molecular complexity index is 1240. The maximum atomic E-state index is 18.2. The molecule has 0 amide bonds. The average Bonchev–Trinajstić information content (AvgIpc) is 3.10. The Kier molecular flexibility index (Phi) is 12.2. The zero-order chi connectivity index (χ0) is 32.9. The van der Waals surface area contributed by atoms with Crippen LogP contribution in [0.25, 0.3) is 0 Å². The normalized spacial score (nSPS) is 22.2. The molecule has 4 aliphatic carbocycles. The first-order chi connectivity index (χ1) is 22.8. The molecule has 0 saturated heterocycles. The second-order valence-corrected chi connectivity index (χ2v) is 28.9. The second-order valence-electron chi connectivity index (χ2n) is 16.7. The minimum absolute atomic E-state index is 0.443. The summed E-state index contributed by atoms with van der Waals surface area (Å²) in [4.78, 5) is 0. The molecular weight excluding hydrogens is 626 g/mol. The molecule has 4 saturated carbocycles. The molecule has 0 spiro atoms. The first kappa shape index (κ1) is 35.9. The average molecular weight is 693 g/mol. The van der Waals surface area contributed by atoms with Gasteiger partial charge in [-0.1, -0.05) is 157 Å².